The molecule has 1 fully saturated rings. The van der Waals surface area contributed by atoms with Crippen molar-refractivity contribution in [3.8, 4) is 0 Å². The van der Waals surface area contributed by atoms with Crippen LogP contribution in [0, 0.1) is 0 Å². The Morgan fingerprint density at radius 3 is 2.69 bits per heavy atom. The van der Waals surface area contributed by atoms with E-state index in [0.29, 0.717) is 42.3 Å². The molecule has 8 heteroatoms. The van der Waals surface area contributed by atoms with E-state index in [0.717, 1.165) is 12.0 Å². The van der Waals surface area contributed by atoms with Crippen molar-refractivity contribution in [2.75, 3.05) is 20.1 Å². The van der Waals surface area contributed by atoms with Gasteiger partial charge in [0.25, 0.3) is 0 Å². The Balaban J connectivity index is 1.71. The zero-order valence-electron chi connectivity index (χ0n) is 14.7. The Morgan fingerprint density at radius 1 is 1.23 bits per heavy atom. The molecule has 2 N–H and O–H groups in total. The molecule has 1 aromatic rings. The van der Waals surface area contributed by atoms with Crippen molar-refractivity contribution in [1.29, 1.82) is 0 Å². The molecule has 1 atom stereocenters. The molecular formula is C18H23Cl2N3O3. The SMILES string of the molecule is CNC(=O)C1CCCN1C(=O)CNC(=O)CCCc1ccc(Cl)c(Cl)c1. The third-order valence-electron chi connectivity index (χ3n) is 4.41. The van der Waals surface area contributed by atoms with Gasteiger partial charge in [-0.2, -0.15) is 0 Å². The van der Waals surface area contributed by atoms with Crippen LogP contribution in [0.3, 0.4) is 0 Å². The van der Waals surface area contributed by atoms with E-state index in [1.165, 1.54) is 4.90 Å². The fourth-order valence-electron chi connectivity index (χ4n) is 3.02. The molecule has 1 aromatic carbocycles. The molecule has 1 unspecified atom stereocenters. The van der Waals surface area contributed by atoms with Crippen molar-refractivity contribution in [3.05, 3.63) is 33.8 Å². The van der Waals surface area contributed by atoms with Crippen LogP contribution in [0.15, 0.2) is 18.2 Å². The lowest BCUT2D eigenvalue weighted by Gasteiger charge is -2.23. The smallest absolute Gasteiger partial charge is 0.242 e. The van der Waals surface area contributed by atoms with Gasteiger partial charge in [-0.3, -0.25) is 14.4 Å². The standard InChI is InChI=1S/C18H23Cl2N3O3/c1-21-18(26)15-5-3-9-23(15)17(25)11-22-16(24)6-2-4-12-7-8-13(19)14(20)10-12/h7-8,10,15H,2-6,9,11H2,1H3,(H,21,26)(H,22,24). The number of nitrogens with one attached hydrogen (secondary N) is 2. The quantitative estimate of drug-likeness (QED) is 0.737. The van der Waals surface area contributed by atoms with Crippen molar-refractivity contribution in [2.45, 2.75) is 38.1 Å². The van der Waals surface area contributed by atoms with Crippen LogP contribution < -0.4 is 10.6 Å². The average molecular weight is 400 g/mol. The second-order valence-corrected chi connectivity index (χ2v) is 7.05. The van der Waals surface area contributed by atoms with Gasteiger partial charge in [-0.15, -0.1) is 0 Å². The minimum atomic E-state index is -0.431. The van der Waals surface area contributed by atoms with Crippen molar-refractivity contribution in [1.82, 2.24) is 15.5 Å². The van der Waals surface area contributed by atoms with Crippen molar-refractivity contribution >= 4 is 40.9 Å². The second kappa shape index (κ2) is 9.78. The lowest BCUT2D eigenvalue weighted by atomic mass is 10.1. The Kier molecular flexibility index (Phi) is 7.72. The lowest BCUT2D eigenvalue weighted by Crippen LogP contribution is -2.48. The maximum atomic E-state index is 12.2. The summed E-state index contributed by atoms with van der Waals surface area (Å²) in [5.74, 6) is -0.577. The largest absolute Gasteiger partial charge is 0.357 e. The molecular weight excluding hydrogens is 377 g/mol. The topological polar surface area (TPSA) is 78.5 Å². The van der Waals surface area contributed by atoms with Gasteiger partial charge in [0.15, 0.2) is 0 Å². The summed E-state index contributed by atoms with van der Waals surface area (Å²) in [4.78, 5) is 37.5. The van der Waals surface area contributed by atoms with E-state index in [4.69, 9.17) is 23.2 Å². The Morgan fingerprint density at radius 2 is 2.00 bits per heavy atom. The van der Waals surface area contributed by atoms with Crippen LogP contribution in [0.5, 0.6) is 0 Å². The maximum absolute atomic E-state index is 12.2. The Hall–Kier alpha value is -1.79. The number of halogens is 2. The number of hydrogen-bond acceptors (Lipinski definition) is 3. The first-order chi connectivity index (χ1) is 12.4. The van der Waals surface area contributed by atoms with E-state index in [1.807, 2.05) is 6.07 Å². The van der Waals surface area contributed by atoms with Gasteiger partial charge < -0.3 is 15.5 Å². The Labute approximate surface area is 163 Å². The first-order valence-corrected chi connectivity index (χ1v) is 9.39. The normalized spacial score (nSPS) is 16.4. The number of carbonyl (C=O) groups is 3. The molecule has 1 saturated heterocycles. The van der Waals surface area contributed by atoms with Gasteiger partial charge in [-0.25, -0.2) is 0 Å². The molecule has 1 aliphatic heterocycles. The number of likely N-dealkylation sites (N-methyl/N-ethyl adjacent to an activating group) is 1. The fourth-order valence-corrected chi connectivity index (χ4v) is 3.34. The predicted molar refractivity (Wildman–Crippen MR) is 101 cm³/mol. The zero-order valence-corrected chi connectivity index (χ0v) is 16.2. The van der Waals surface area contributed by atoms with Crippen molar-refractivity contribution < 1.29 is 14.4 Å². The molecule has 3 amide bonds. The van der Waals surface area contributed by atoms with E-state index in [-0.39, 0.29) is 24.3 Å². The summed E-state index contributed by atoms with van der Waals surface area (Å²) in [6.45, 7) is 0.462. The summed E-state index contributed by atoms with van der Waals surface area (Å²) in [7, 11) is 1.55. The summed E-state index contributed by atoms with van der Waals surface area (Å²) in [6.07, 6.45) is 3.10. The average Bonchev–Trinajstić information content (AvgIpc) is 3.12. The molecule has 0 spiro atoms. The third-order valence-corrected chi connectivity index (χ3v) is 5.15. The first kappa shape index (κ1) is 20.5. The molecule has 0 saturated carbocycles. The third kappa shape index (κ3) is 5.61. The van der Waals surface area contributed by atoms with Crippen LogP contribution in [-0.2, 0) is 20.8 Å². The van der Waals surface area contributed by atoms with E-state index in [1.54, 1.807) is 19.2 Å². The van der Waals surface area contributed by atoms with E-state index in [9.17, 15) is 14.4 Å². The molecule has 0 radical (unpaired) electrons. The Bertz CT molecular complexity index is 682. The summed E-state index contributed by atoms with van der Waals surface area (Å²) < 4.78 is 0. The van der Waals surface area contributed by atoms with E-state index in [2.05, 4.69) is 10.6 Å². The van der Waals surface area contributed by atoms with Gasteiger partial charge in [0, 0.05) is 20.0 Å². The fraction of sp³-hybridized carbons (Fsp3) is 0.500. The van der Waals surface area contributed by atoms with Gasteiger partial charge in [0.1, 0.15) is 6.04 Å². The van der Waals surface area contributed by atoms with Crippen LogP contribution >= 0.6 is 23.2 Å². The molecule has 1 aliphatic rings. The number of amides is 3. The summed E-state index contributed by atoms with van der Waals surface area (Å²) >= 11 is 11.8. The van der Waals surface area contributed by atoms with Crippen molar-refractivity contribution in [2.24, 2.45) is 0 Å². The molecule has 0 aliphatic carbocycles. The molecule has 26 heavy (non-hydrogen) atoms. The van der Waals surface area contributed by atoms with Crippen LogP contribution in [0.2, 0.25) is 10.0 Å². The molecule has 142 valence electrons. The number of nitrogens with zero attached hydrogens (tertiary/aromatic N) is 1. The highest BCUT2D eigenvalue weighted by atomic mass is 35.5. The predicted octanol–water partition coefficient (Wildman–Crippen LogP) is 2.17. The minimum absolute atomic E-state index is 0.0842. The number of aryl methyl sites for hydroxylation is 1. The minimum Gasteiger partial charge on any atom is -0.357 e. The highest BCUT2D eigenvalue weighted by molar-refractivity contribution is 6.42. The van der Waals surface area contributed by atoms with Gasteiger partial charge in [0.2, 0.25) is 17.7 Å². The maximum Gasteiger partial charge on any atom is 0.242 e. The molecule has 0 aromatic heterocycles. The van der Waals surface area contributed by atoms with Crippen LogP contribution in [0.4, 0.5) is 0 Å². The number of hydrogen-bond donors (Lipinski definition) is 2. The van der Waals surface area contributed by atoms with Gasteiger partial charge in [-0.05, 0) is 43.4 Å². The number of likely N-dealkylation sites (tertiary alicyclic amines) is 1. The van der Waals surface area contributed by atoms with Crippen LogP contribution in [-0.4, -0.2) is 48.8 Å². The lowest BCUT2D eigenvalue weighted by molar-refractivity contribution is -0.138. The zero-order chi connectivity index (χ0) is 19.1. The van der Waals surface area contributed by atoms with E-state index < -0.39 is 6.04 Å². The summed E-state index contributed by atoms with van der Waals surface area (Å²) in [5.41, 5.74) is 1.01. The molecule has 1 heterocycles. The van der Waals surface area contributed by atoms with Gasteiger partial charge >= 0.3 is 0 Å². The van der Waals surface area contributed by atoms with Gasteiger partial charge in [-0.1, -0.05) is 29.3 Å². The van der Waals surface area contributed by atoms with Crippen LogP contribution in [0.1, 0.15) is 31.2 Å². The number of benzene rings is 1. The highest BCUT2D eigenvalue weighted by Crippen LogP contribution is 2.23. The number of rotatable bonds is 7. The van der Waals surface area contributed by atoms with Gasteiger partial charge in [0.05, 0.1) is 16.6 Å². The molecule has 6 nitrogen and oxygen atoms in total. The monoisotopic (exact) mass is 399 g/mol. The van der Waals surface area contributed by atoms with Crippen molar-refractivity contribution in [3.63, 3.8) is 0 Å². The van der Waals surface area contributed by atoms with E-state index >= 15 is 0 Å². The number of carbonyl (C=O) groups excluding carboxylic acids is 3. The summed E-state index contributed by atoms with van der Waals surface area (Å²) in [5, 5.41) is 6.20. The summed E-state index contributed by atoms with van der Waals surface area (Å²) in [6, 6.07) is 4.97. The molecule has 0 bridgehead atoms. The molecule has 2 rings (SSSR count). The second-order valence-electron chi connectivity index (χ2n) is 6.24. The van der Waals surface area contributed by atoms with Crippen LogP contribution in [0.25, 0.3) is 0 Å². The first-order valence-electron chi connectivity index (χ1n) is 8.64. The highest BCUT2D eigenvalue weighted by Gasteiger charge is 2.33.